The minimum Gasteiger partial charge on any atom is -0.490 e. The van der Waals surface area contributed by atoms with Crippen LogP contribution >= 0.6 is 22.6 Å². The first kappa shape index (κ1) is 9.58. The number of rotatable bonds is 3. The lowest BCUT2D eigenvalue weighted by atomic mass is 10.3. The molecular formula is C10H11IO. The van der Waals surface area contributed by atoms with E-state index in [0.717, 1.165) is 5.75 Å². The topological polar surface area (TPSA) is 9.23 Å². The Balaban J connectivity index is 2.47. The Morgan fingerprint density at radius 1 is 1.33 bits per heavy atom. The molecule has 12 heavy (non-hydrogen) atoms. The van der Waals surface area contributed by atoms with Crippen LogP contribution in [0.5, 0.6) is 5.75 Å². The summed E-state index contributed by atoms with van der Waals surface area (Å²) in [7, 11) is 0. The molecule has 1 rings (SSSR count). The highest BCUT2D eigenvalue weighted by Gasteiger charge is 1.89. The van der Waals surface area contributed by atoms with Gasteiger partial charge >= 0.3 is 0 Å². The summed E-state index contributed by atoms with van der Waals surface area (Å²) in [6.45, 7) is 2.63. The molecule has 0 amide bonds. The molecule has 1 aromatic carbocycles. The molecule has 0 N–H and O–H groups in total. The highest BCUT2D eigenvalue weighted by molar-refractivity contribution is 14.1. The maximum absolute atomic E-state index is 5.41. The zero-order valence-electron chi connectivity index (χ0n) is 6.96. The molecule has 0 aliphatic carbocycles. The highest BCUT2D eigenvalue weighted by Crippen LogP contribution is 2.13. The van der Waals surface area contributed by atoms with Crippen molar-refractivity contribution in [3.05, 3.63) is 40.0 Å². The molecule has 0 bridgehead atoms. The van der Waals surface area contributed by atoms with Gasteiger partial charge in [0.15, 0.2) is 0 Å². The molecule has 0 spiro atoms. The molecular weight excluding hydrogens is 263 g/mol. The SMILES string of the molecule is C/C=C/COc1ccc(I)cc1. The second-order valence-corrected chi connectivity index (χ2v) is 3.58. The predicted octanol–water partition coefficient (Wildman–Crippen LogP) is 3.25. The third kappa shape index (κ3) is 3.26. The maximum atomic E-state index is 5.41. The number of hydrogen-bond donors (Lipinski definition) is 0. The molecule has 0 aliphatic heterocycles. The lowest BCUT2D eigenvalue weighted by Gasteiger charge is -2.01. The summed E-state index contributed by atoms with van der Waals surface area (Å²) in [5, 5.41) is 0. The fraction of sp³-hybridized carbons (Fsp3) is 0.200. The van der Waals surface area contributed by atoms with Gasteiger partial charge < -0.3 is 4.74 Å². The van der Waals surface area contributed by atoms with Crippen LogP contribution in [0, 0.1) is 3.57 Å². The van der Waals surface area contributed by atoms with E-state index in [9.17, 15) is 0 Å². The largest absolute Gasteiger partial charge is 0.490 e. The summed E-state index contributed by atoms with van der Waals surface area (Å²) in [6, 6.07) is 8.02. The number of halogens is 1. The summed E-state index contributed by atoms with van der Waals surface area (Å²) in [4.78, 5) is 0. The van der Waals surface area contributed by atoms with Crippen LogP contribution in [0.4, 0.5) is 0 Å². The van der Waals surface area contributed by atoms with Crippen LogP contribution in [-0.4, -0.2) is 6.61 Å². The predicted molar refractivity (Wildman–Crippen MR) is 59.5 cm³/mol. The Bertz CT molecular complexity index is 251. The van der Waals surface area contributed by atoms with Crippen molar-refractivity contribution in [3.63, 3.8) is 0 Å². The molecule has 0 saturated heterocycles. The van der Waals surface area contributed by atoms with Crippen LogP contribution in [0.3, 0.4) is 0 Å². The number of hydrogen-bond acceptors (Lipinski definition) is 1. The molecule has 0 unspecified atom stereocenters. The van der Waals surface area contributed by atoms with Gasteiger partial charge in [-0.2, -0.15) is 0 Å². The van der Waals surface area contributed by atoms with Crippen molar-refractivity contribution in [1.29, 1.82) is 0 Å². The second kappa shape index (κ2) is 5.19. The van der Waals surface area contributed by atoms with E-state index in [-0.39, 0.29) is 0 Å². The van der Waals surface area contributed by atoms with Crippen molar-refractivity contribution in [2.24, 2.45) is 0 Å². The third-order valence-corrected chi connectivity index (χ3v) is 2.11. The summed E-state index contributed by atoms with van der Waals surface area (Å²) in [6.07, 6.45) is 3.96. The Kier molecular flexibility index (Phi) is 4.14. The molecule has 0 aliphatic rings. The Morgan fingerprint density at radius 3 is 2.58 bits per heavy atom. The van der Waals surface area contributed by atoms with Crippen molar-refractivity contribution in [1.82, 2.24) is 0 Å². The molecule has 0 fully saturated rings. The molecule has 0 heterocycles. The Labute approximate surface area is 86.6 Å². The van der Waals surface area contributed by atoms with E-state index < -0.39 is 0 Å². The molecule has 0 atom stereocenters. The minimum absolute atomic E-state index is 0.650. The summed E-state index contributed by atoms with van der Waals surface area (Å²) >= 11 is 2.27. The number of allylic oxidation sites excluding steroid dienone is 1. The first-order valence-electron chi connectivity index (χ1n) is 3.82. The smallest absolute Gasteiger partial charge is 0.119 e. The lowest BCUT2D eigenvalue weighted by Crippen LogP contribution is -1.92. The van der Waals surface area contributed by atoms with Gasteiger partial charge in [-0.25, -0.2) is 0 Å². The first-order valence-corrected chi connectivity index (χ1v) is 4.90. The van der Waals surface area contributed by atoms with Crippen LogP contribution in [-0.2, 0) is 0 Å². The fourth-order valence-electron chi connectivity index (χ4n) is 0.771. The average Bonchev–Trinajstić information content (AvgIpc) is 2.09. The monoisotopic (exact) mass is 274 g/mol. The molecule has 0 aromatic heterocycles. The first-order chi connectivity index (χ1) is 5.83. The number of ether oxygens (including phenoxy) is 1. The summed E-state index contributed by atoms with van der Waals surface area (Å²) in [5.74, 6) is 0.925. The quantitative estimate of drug-likeness (QED) is 0.607. The van der Waals surface area contributed by atoms with Crippen LogP contribution in [0.2, 0.25) is 0 Å². The molecule has 0 radical (unpaired) electrons. The Morgan fingerprint density at radius 2 is 2.00 bits per heavy atom. The minimum atomic E-state index is 0.650. The second-order valence-electron chi connectivity index (χ2n) is 2.33. The highest BCUT2D eigenvalue weighted by atomic mass is 127. The van der Waals surface area contributed by atoms with Gasteiger partial charge in [-0.1, -0.05) is 12.2 Å². The zero-order chi connectivity index (χ0) is 8.81. The van der Waals surface area contributed by atoms with Gasteiger partial charge in [0.25, 0.3) is 0 Å². The standard InChI is InChI=1S/C10H11IO/c1-2-3-8-12-10-6-4-9(11)5-7-10/h2-7H,8H2,1H3/b3-2+. The van der Waals surface area contributed by atoms with Crippen molar-refractivity contribution in [3.8, 4) is 5.75 Å². The van der Waals surface area contributed by atoms with Gasteiger partial charge in [-0.3, -0.25) is 0 Å². The van der Waals surface area contributed by atoms with Gasteiger partial charge in [0, 0.05) is 3.57 Å². The lowest BCUT2D eigenvalue weighted by molar-refractivity contribution is 0.362. The fourth-order valence-corrected chi connectivity index (χ4v) is 1.13. The van der Waals surface area contributed by atoms with Crippen molar-refractivity contribution >= 4 is 22.6 Å². The number of benzene rings is 1. The Hall–Kier alpha value is -0.510. The van der Waals surface area contributed by atoms with Crippen LogP contribution < -0.4 is 4.74 Å². The van der Waals surface area contributed by atoms with E-state index in [0.29, 0.717) is 6.61 Å². The van der Waals surface area contributed by atoms with Crippen LogP contribution in [0.25, 0.3) is 0 Å². The maximum Gasteiger partial charge on any atom is 0.119 e. The normalized spacial score (nSPS) is 10.5. The molecule has 0 saturated carbocycles. The van der Waals surface area contributed by atoms with Gasteiger partial charge in [-0.05, 0) is 53.8 Å². The van der Waals surface area contributed by atoms with Crippen molar-refractivity contribution in [2.45, 2.75) is 6.92 Å². The van der Waals surface area contributed by atoms with E-state index in [1.165, 1.54) is 3.57 Å². The average molecular weight is 274 g/mol. The van der Waals surface area contributed by atoms with E-state index in [4.69, 9.17) is 4.74 Å². The molecule has 64 valence electrons. The van der Waals surface area contributed by atoms with Gasteiger partial charge in [0.05, 0.1) is 0 Å². The van der Waals surface area contributed by atoms with Crippen molar-refractivity contribution in [2.75, 3.05) is 6.61 Å². The van der Waals surface area contributed by atoms with E-state index in [1.807, 2.05) is 43.3 Å². The van der Waals surface area contributed by atoms with E-state index >= 15 is 0 Å². The third-order valence-electron chi connectivity index (χ3n) is 1.40. The summed E-state index contributed by atoms with van der Waals surface area (Å²) in [5.41, 5.74) is 0. The van der Waals surface area contributed by atoms with Crippen LogP contribution in [0.15, 0.2) is 36.4 Å². The molecule has 1 aromatic rings. The van der Waals surface area contributed by atoms with Gasteiger partial charge in [-0.15, -0.1) is 0 Å². The van der Waals surface area contributed by atoms with E-state index in [1.54, 1.807) is 0 Å². The van der Waals surface area contributed by atoms with Gasteiger partial charge in [0.1, 0.15) is 12.4 Å². The van der Waals surface area contributed by atoms with E-state index in [2.05, 4.69) is 22.6 Å². The van der Waals surface area contributed by atoms with Crippen molar-refractivity contribution < 1.29 is 4.74 Å². The van der Waals surface area contributed by atoms with Gasteiger partial charge in [0.2, 0.25) is 0 Å². The molecule has 2 heteroatoms. The summed E-state index contributed by atoms with van der Waals surface area (Å²) < 4.78 is 6.64. The van der Waals surface area contributed by atoms with Crippen LogP contribution in [0.1, 0.15) is 6.92 Å². The zero-order valence-corrected chi connectivity index (χ0v) is 9.11. The molecule has 1 nitrogen and oxygen atoms in total.